The van der Waals surface area contributed by atoms with Crippen LogP contribution in [0.5, 0.6) is 0 Å². The van der Waals surface area contributed by atoms with Gasteiger partial charge in [-0.1, -0.05) is 12.1 Å². The molecule has 0 aliphatic heterocycles. The van der Waals surface area contributed by atoms with Gasteiger partial charge < -0.3 is 5.11 Å². The van der Waals surface area contributed by atoms with E-state index in [2.05, 4.69) is 10.1 Å². The van der Waals surface area contributed by atoms with E-state index in [0.29, 0.717) is 24.4 Å². The van der Waals surface area contributed by atoms with Gasteiger partial charge in [0.1, 0.15) is 5.69 Å². The molecule has 0 bridgehead atoms. The molecule has 0 saturated carbocycles. The highest BCUT2D eigenvalue weighted by Gasteiger charge is 2.38. The van der Waals surface area contributed by atoms with E-state index in [1.807, 2.05) is 13.0 Å². The Kier molecular flexibility index (Phi) is 6.03. The number of nitrogens with zero attached hydrogens (tertiary/aromatic N) is 4. The smallest absolute Gasteiger partial charge is 0.387 e. The molecular formula is C20H20F6N4O. The van der Waals surface area contributed by atoms with Crippen LogP contribution in [-0.4, -0.2) is 38.4 Å². The summed E-state index contributed by atoms with van der Waals surface area (Å²) in [6.45, 7) is 2.02. The SMILES string of the molecule is Cc1cc(CN(C)CC(O)c2cc(C(F)(F)F)nc3c(C(F)(F)F)cccc23)nn1C. The van der Waals surface area contributed by atoms with Gasteiger partial charge in [0.2, 0.25) is 0 Å². The largest absolute Gasteiger partial charge is 0.433 e. The number of halogens is 6. The van der Waals surface area contributed by atoms with Crippen molar-refractivity contribution in [3.05, 3.63) is 58.5 Å². The summed E-state index contributed by atoms with van der Waals surface area (Å²) in [5, 5.41) is 14.8. The van der Waals surface area contributed by atoms with E-state index >= 15 is 0 Å². The number of hydrogen-bond donors (Lipinski definition) is 1. The van der Waals surface area contributed by atoms with Crippen LogP contribution in [0.2, 0.25) is 0 Å². The van der Waals surface area contributed by atoms with Gasteiger partial charge in [-0.05, 0) is 37.7 Å². The fraction of sp³-hybridized carbons (Fsp3) is 0.400. The van der Waals surface area contributed by atoms with Crippen molar-refractivity contribution in [2.45, 2.75) is 31.9 Å². The number of rotatable bonds is 5. The topological polar surface area (TPSA) is 54.2 Å². The molecule has 2 heterocycles. The van der Waals surface area contributed by atoms with Crippen LogP contribution in [0.4, 0.5) is 26.3 Å². The molecule has 1 unspecified atom stereocenters. The van der Waals surface area contributed by atoms with E-state index in [9.17, 15) is 31.4 Å². The number of pyridine rings is 1. The normalized spacial score (nSPS) is 13.9. The molecule has 0 amide bonds. The molecule has 3 aromatic rings. The molecule has 0 saturated heterocycles. The molecule has 11 heteroatoms. The quantitative estimate of drug-likeness (QED) is 0.588. The molecule has 0 aliphatic carbocycles. The average Bonchev–Trinajstić information content (AvgIpc) is 2.95. The molecule has 2 aromatic heterocycles. The van der Waals surface area contributed by atoms with Crippen LogP contribution in [0.25, 0.3) is 10.9 Å². The number of para-hydroxylation sites is 1. The van der Waals surface area contributed by atoms with E-state index in [4.69, 9.17) is 0 Å². The number of alkyl halides is 6. The van der Waals surface area contributed by atoms with E-state index in [1.54, 1.807) is 23.7 Å². The number of benzene rings is 1. The summed E-state index contributed by atoms with van der Waals surface area (Å²) >= 11 is 0. The highest BCUT2D eigenvalue weighted by atomic mass is 19.4. The molecule has 168 valence electrons. The zero-order valence-corrected chi connectivity index (χ0v) is 16.9. The Morgan fingerprint density at radius 1 is 1.10 bits per heavy atom. The van der Waals surface area contributed by atoms with E-state index in [0.717, 1.165) is 11.8 Å². The maximum Gasteiger partial charge on any atom is 0.433 e. The molecule has 1 N–H and O–H groups in total. The van der Waals surface area contributed by atoms with Crippen molar-refractivity contribution in [3.8, 4) is 0 Å². The number of fused-ring (bicyclic) bond motifs is 1. The molecule has 31 heavy (non-hydrogen) atoms. The zero-order valence-electron chi connectivity index (χ0n) is 16.9. The Balaban J connectivity index is 2.01. The molecule has 0 aliphatic rings. The van der Waals surface area contributed by atoms with Gasteiger partial charge in [0.15, 0.2) is 0 Å². The van der Waals surface area contributed by atoms with E-state index in [1.165, 1.54) is 6.07 Å². The minimum Gasteiger partial charge on any atom is -0.387 e. The second-order valence-corrected chi connectivity index (χ2v) is 7.41. The van der Waals surface area contributed by atoms with Crippen LogP contribution in [0.3, 0.4) is 0 Å². The number of aliphatic hydroxyl groups excluding tert-OH is 1. The number of hydrogen-bond acceptors (Lipinski definition) is 4. The Hall–Kier alpha value is -2.66. The van der Waals surface area contributed by atoms with Gasteiger partial charge in [-0.2, -0.15) is 31.4 Å². The number of aromatic nitrogens is 3. The highest BCUT2D eigenvalue weighted by Crippen LogP contribution is 2.39. The van der Waals surface area contributed by atoms with Gasteiger partial charge in [0, 0.05) is 31.2 Å². The van der Waals surface area contributed by atoms with Crippen molar-refractivity contribution in [2.75, 3.05) is 13.6 Å². The molecule has 0 fully saturated rings. The number of likely N-dealkylation sites (N-methyl/N-ethyl adjacent to an activating group) is 1. The van der Waals surface area contributed by atoms with Crippen LogP contribution in [-0.2, 0) is 25.9 Å². The molecule has 0 radical (unpaired) electrons. The van der Waals surface area contributed by atoms with Crippen molar-refractivity contribution in [1.82, 2.24) is 19.7 Å². The van der Waals surface area contributed by atoms with Gasteiger partial charge >= 0.3 is 12.4 Å². The van der Waals surface area contributed by atoms with Gasteiger partial charge in [-0.15, -0.1) is 0 Å². The van der Waals surface area contributed by atoms with Crippen molar-refractivity contribution in [2.24, 2.45) is 7.05 Å². The second kappa shape index (κ2) is 8.12. The Morgan fingerprint density at radius 2 is 1.77 bits per heavy atom. The molecule has 5 nitrogen and oxygen atoms in total. The third-order valence-electron chi connectivity index (χ3n) is 4.91. The number of aryl methyl sites for hydroxylation is 2. The molecular weight excluding hydrogens is 426 g/mol. The first kappa shape index (κ1) is 23.0. The lowest BCUT2D eigenvalue weighted by atomic mass is 9.99. The van der Waals surface area contributed by atoms with Crippen LogP contribution in [0, 0.1) is 6.92 Å². The lowest BCUT2D eigenvalue weighted by Gasteiger charge is -2.22. The van der Waals surface area contributed by atoms with Crippen molar-refractivity contribution < 1.29 is 31.4 Å². The van der Waals surface area contributed by atoms with Crippen LogP contribution in [0.15, 0.2) is 30.3 Å². The van der Waals surface area contributed by atoms with Crippen molar-refractivity contribution in [3.63, 3.8) is 0 Å². The van der Waals surface area contributed by atoms with Crippen molar-refractivity contribution >= 4 is 10.9 Å². The van der Waals surface area contributed by atoms with E-state index in [-0.39, 0.29) is 17.5 Å². The van der Waals surface area contributed by atoms with Gasteiger partial charge in [-0.25, -0.2) is 4.98 Å². The Labute approximate surface area is 173 Å². The summed E-state index contributed by atoms with van der Waals surface area (Å²) < 4.78 is 81.7. The van der Waals surface area contributed by atoms with Gasteiger partial charge in [0.05, 0.1) is 22.9 Å². The molecule has 0 spiro atoms. The maximum atomic E-state index is 13.4. The third-order valence-corrected chi connectivity index (χ3v) is 4.91. The molecule has 3 rings (SSSR count). The molecule has 1 atom stereocenters. The second-order valence-electron chi connectivity index (χ2n) is 7.41. The lowest BCUT2D eigenvalue weighted by molar-refractivity contribution is -0.142. The highest BCUT2D eigenvalue weighted by molar-refractivity contribution is 5.86. The Bertz CT molecular complexity index is 1070. The van der Waals surface area contributed by atoms with E-state index < -0.39 is 35.2 Å². The monoisotopic (exact) mass is 446 g/mol. The van der Waals surface area contributed by atoms with Crippen LogP contribution < -0.4 is 0 Å². The first-order chi connectivity index (χ1) is 14.3. The maximum absolute atomic E-state index is 13.4. The summed E-state index contributed by atoms with van der Waals surface area (Å²) in [6.07, 6.45) is -11.4. The summed E-state index contributed by atoms with van der Waals surface area (Å²) in [4.78, 5) is 4.86. The fourth-order valence-corrected chi connectivity index (χ4v) is 3.37. The Morgan fingerprint density at radius 3 is 2.32 bits per heavy atom. The third kappa shape index (κ3) is 4.99. The first-order valence-corrected chi connectivity index (χ1v) is 9.21. The van der Waals surface area contributed by atoms with Gasteiger partial charge in [-0.3, -0.25) is 9.58 Å². The van der Waals surface area contributed by atoms with Gasteiger partial charge in [0.25, 0.3) is 0 Å². The van der Waals surface area contributed by atoms with Crippen LogP contribution in [0.1, 0.15) is 34.3 Å². The summed E-state index contributed by atoms with van der Waals surface area (Å²) in [7, 11) is 3.39. The minimum atomic E-state index is -4.97. The summed E-state index contributed by atoms with van der Waals surface area (Å²) in [6, 6.07) is 5.39. The zero-order chi connectivity index (χ0) is 23.1. The molecule has 1 aromatic carbocycles. The average molecular weight is 446 g/mol. The van der Waals surface area contributed by atoms with Crippen molar-refractivity contribution in [1.29, 1.82) is 0 Å². The summed E-state index contributed by atoms with van der Waals surface area (Å²) in [5.41, 5.74) is -2.31. The first-order valence-electron chi connectivity index (χ1n) is 9.21. The predicted molar refractivity (Wildman–Crippen MR) is 101 cm³/mol. The summed E-state index contributed by atoms with van der Waals surface area (Å²) in [5.74, 6) is 0. The predicted octanol–water partition coefficient (Wildman–Crippen LogP) is 4.48. The minimum absolute atomic E-state index is 0.123. The lowest BCUT2D eigenvalue weighted by Crippen LogP contribution is -2.25. The number of aliphatic hydroxyl groups is 1. The standard InChI is InChI=1S/C20H20F6N4O/c1-11-7-12(28-30(11)3)9-29(2)10-16(31)14-8-17(20(24,25)26)27-18-13(14)5-4-6-15(18)19(21,22)23/h4-8,16,31H,9-10H2,1-3H3. The van der Waals surface area contributed by atoms with Crippen LogP contribution >= 0.6 is 0 Å². The fourth-order valence-electron chi connectivity index (χ4n) is 3.37.